The first-order chi connectivity index (χ1) is 10.2. The van der Waals surface area contributed by atoms with Crippen LogP contribution in [-0.2, 0) is 4.79 Å². The van der Waals surface area contributed by atoms with Crippen molar-refractivity contribution in [1.82, 2.24) is 5.32 Å². The Morgan fingerprint density at radius 2 is 2.00 bits per heavy atom. The van der Waals surface area contributed by atoms with Crippen molar-refractivity contribution in [2.75, 3.05) is 6.54 Å². The molecule has 0 aliphatic heterocycles. The SMILES string of the molecule is N#CCNC(=O)C1CCCCC1C#Cc1ccc(Br)cc1. The third kappa shape index (κ3) is 4.62. The zero-order chi connectivity index (χ0) is 15.1. The molecule has 1 saturated carbocycles. The highest BCUT2D eigenvalue weighted by Gasteiger charge is 2.29. The largest absolute Gasteiger partial charge is 0.343 e. The maximum atomic E-state index is 12.1. The van der Waals surface area contributed by atoms with E-state index in [0.29, 0.717) is 0 Å². The number of hydrogen-bond acceptors (Lipinski definition) is 2. The zero-order valence-electron chi connectivity index (χ0n) is 11.7. The number of nitriles is 1. The molecule has 0 heterocycles. The lowest BCUT2D eigenvalue weighted by Crippen LogP contribution is -2.36. The van der Waals surface area contributed by atoms with E-state index in [1.165, 1.54) is 0 Å². The van der Waals surface area contributed by atoms with Crippen molar-refractivity contribution in [3.63, 3.8) is 0 Å². The number of carbonyl (C=O) groups is 1. The molecule has 1 N–H and O–H groups in total. The first-order valence-electron chi connectivity index (χ1n) is 7.12. The maximum Gasteiger partial charge on any atom is 0.225 e. The second-order valence-corrected chi connectivity index (χ2v) is 6.07. The van der Waals surface area contributed by atoms with E-state index in [0.717, 1.165) is 35.7 Å². The minimum absolute atomic E-state index is 0.0358. The van der Waals surface area contributed by atoms with Crippen LogP contribution in [0.25, 0.3) is 0 Å². The number of nitrogens with zero attached hydrogens (tertiary/aromatic N) is 1. The first kappa shape index (κ1) is 15.6. The average molecular weight is 345 g/mol. The number of nitrogens with one attached hydrogen (secondary N) is 1. The molecule has 1 amide bonds. The van der Waals surface area contributed by atoms with Gasteiger partial charge in [0.25, 0.3) is 0 Å². The molecule has 0 aromatic heterocycles. The van der Waals surface area contributed by atoms with Crippen LogP contribution < -0.4 is 5.32 Å². The molecule has 1 aromatic carbocycles. The number of rotatable bonds is 2. The average Bonchev–Trinajstić information content (AvgIpc) is 2.52. The van der Waals surface area contributed by atoms with Gasteiger partial charge in [-0.05, 0) is 37.1 Å². The standard InChI is InChI=1S/C17H17BrN2O/c18-15-9-6-13(7-10-15)5-8-14-3-1-2-4-16(14)17(21)20-12-11-19/h6-7,9-10,14,16H,1-4,12H2,(H,20,21). The van der Waals surface area contributed by atoms with Crippen LogP contribution in [0.4, 0.5) is 0 Å². The second kappa shape index (κ2) is 7.86. The summed E-state index contributed by atoms with van der Waals surface area (Å²) in [6.07, 6.45) is 3.98. The van der Waals surface area contributed by atoms with Gasteiger partial charge in [0.15, 0.2) is 0 Å². The molecule has 1 aliphatic carbocycles. The molecule has 3 nitrogen and oxygen atoms in total. The summed E-state index contributed by atoms with van der Waals surface area (Å²) in [5.74, 6) is 6.38. The molecule has 4 heteroatoms. The summed E-state index contributed by atoms with van der Waals surface area (Å²) in [4.78, 5) is 12.1. The van der Waals surface area contributed by atoms with E-state index in [1.807, 2.05) is 30.3 Å². The van der Waals surface area contributed by atoms with Gasteiger partial charge in [0.1, 0.15) is 6.54 Å². The molecular weight excluding hydrogens is 328 g/mol. The van der Waals surface area contributed by atoms with Crippen LogP contribution in [0.3, 0.4) is 0 Å². The molecule has 0 bridgehead atoms. The van der Waals surface area contributed by atoms with Crippen LogP contribution >= 0.6 is 15.9 Å². The summed E-state index contributed by atoms with van der Waals surface area (Å²) in [7, 11) is 0. The molecule has 1 fully saturated rings. The Morgan fingerprint density at radius 3 is 2.71 bits per heavy atom. The Kier molecular flexibility index (Phi) is 5.84. The van der Waals surface area contributed by atoms with Crippen molar-refractivity contribution in [1.29, 1.82) is 5.26 Å². The van der Waals surface area contributed by atoms with Crippen molar-refractivity contribution >= 4 is 21.8 Å². The third-order valence-electron chi connectivity index (χ3n) is 3.69. The highest BCUT2D eigenvalue weighted by Crippen LogP contribution is 2.29. The highest BCUT2D eigenvalue weighted by atomic mass is 79.9. The van der Waals surface area contributed by atoms with Crippen molar-refractivity contribution in [3.8, 4) is 17.9 Å². The molecular formula is C17H17BrN2O. The minimum atomic E-state index is -0.0879. The van der Waals surface area contributed by atoms with Crippen LogP contribution in [0.15, 0.2) is 28.7 Å². The molecule has 1 aromatic rings. The van der Waals surface area contributed by atoms with Gasteiger partial charge >= 0.3 is 0 Å². The number of benzene rings is 1. The Morgan fingerprint density at radius 1 is 1.29 bits per heavy atom. The molecule has 108 valence electrons. The summed E-state index contributed by atoms with van der Waals surface area (Å²) in [5.41, 5.74) is 0.958. The van der Waals surface area contributed by atoms with Gasteiger partial charge in [-0.1, -0.05) is 40.6 Å². The van der Waals surface area contributed by atoms with Crippen molar-refractivity contribution in [3.05, 3.63) is 34.3 Å². The van der Waals surface area contributed by atoms with Gasteiger partial charge in [0.05, 0.1) is 12.0 Å². The molecule has 2 rings (SSSR count). The molecule has 2 unspecified atom stereocenters. The molecule has 1 aliphatic rings. The second-order valence-electron chi connectivity index (χ2n) is 5.15. The van der Waals surface area contributed by atoms with E-state index >= 15 is 0 Å². The van der Waals surface area contributed by atoms with Gasteiger partial charge in [0, 0.05) is 16.0 Å². The van der Waals surface area contributed by atoms with Crippen LogP contribution in [0.5, 0.6) is 0 Å². The van der Waals surface area contributed by atoms with Crippen LogP contribution in [0.2, 0.25) is 0 Å². The van der Waals surface area contributed by atoms with Crippen LogP contribution in [-0.4, -0.2) is 12.5 Å². The summed E-state index contributed by atoms with van der Waals surface area (Å²) < 4.78 is 1.03. The Hall–Kier alpha value is -1.78. The predicted octanol–water partition coefficient (Wildman–Crippen LogP) is 3.25. The summed E-state index contributed by atoms with van der Waals surface area (Å²) in [5, 5.41) is 11.2. The number of carbonyl (C=O) groups excluding carboxylic acids is 1. The third-order valence-corrected chi connectivity index (χ3v) is 4.22. The Bertz CT molecular complexity index is 592. The fraction of sp³-hybridized carbons (Fsp3) is 0.412. The monoisotopic (exact) mass is 344 g/mol. The van der Waals surface area contributed by atoms with Gasteiger partial charge in [-0.25, -0.2) is 0 Å². The molecule has 0 radical (unpaired) electrons. The van der Waals surface area contributed by atoms with E-state index in [-0.39, 0.29) is 24.3 Å². The maximum absolute atomic E-state index is 12.1. The number of amides is 1. The lowest BCUT2D eigenvalue weighted by Gasteiger charge is -2.26. The normalized spacial score (nSPS) is 20.8. The van der Waals surface area contributed by atoms with E-state index in [9.17, 15) is 4.79 Å². The zero-order valence-corrected chi connectivity index (χ0v) is 13.3. The van der Waals surface area contributed by atoms with Crippen molar-refractivity contribution in [2.45, 2.75) is 25.7 Å². The van der Waals surface area contributed by atoms with Gasteiger partial charge < -0.3 is 5.32 Å². The first-order valence-corrected chi connectivity index (χ1v) is 7.92. The topological polar surface area (TPSA) is 52.9 Å². The van der Waals surface area contributed by atoms with Crippen molar-refractivity contribution < 1.29 is 4.79 Å². The number of hydrogen-bond donors (Lipinski definition) is 1. The molecule has 0 saturated heterocycles. The van der Waals surface area contributed by atoms with Crippen LogP contribution in [0, 0.1) is 35.0 Å². The highest BCUT2D eigenvalue weighted by molar-refractivity contribution is 9.10. The lowest BCUT2D eigenvalue weighted by atomic mass is 9.79. The fourth-order valence-electron chi connectivity index (χ4n) is 2.58. The van der Waals surface area contributed by atoms with Crippen LogP contribution in [0.1, 0.15) is 31.2 Å². The van der Waals surface area contributed by atoms with Gasteiger partial charge in [-0.2, -0.15) is 5.26 Å². The quantitative estimate of drug-likeness (QED) is 0.661. The van der Waals surface area contributed by atoms with E-state index in [2.05, 4.69) is 33.1 Å². The summed E-state index contributed by atoms with van der Waals surface area (Å²) in [6.45, 7) is 0.0716. The minimum Gasteiger partial charge on any atom is -0.343 e. The number of halogens is 1. The van der Waals surface area contributed by atoms with E-state index < -0.39 is 0 Å². The van der Waals surface area contributed by atoms with Gasteiger partial charge in [-0.3, -0.25) is 4.79 Å². The smallest absolute Gasteiger partial charge is 0.225 e. The van der Waals surface area contributed by atoms with Gasteiger partial charge in [0.2, 0.25) is 5.91 Å². The summed E-state index contributed by atoms with van der Waals surface area (Å²) in [6, 6.07) is 9.79. The Labute approximate surface area is 133 Å². The fourth-order valence-corrected chi connectivity index (χ4v) is 2.85. The van der Waals surface area contributed by atoms with E-state index in [1.54, 1.807) is 0 Å². The predicted molar refractivity (Wildman–Crippen MR) is 85.1 cm³/mol. The molecule has 0 spiro atoms. The lowest BCUT2D eigenvalue weighted by molar-refractivity contribution is -0.126. The molecule has 21 heavy (non-hydrogen) atoms. The Balaban J connectivity index is 2.07. The van der Waals surface area contributed by atoms with E-state index in [4.69, 9.17) is 5.26 Å². The van der Waals surface area contributed by atoms with Crippen molar-refractivity contribution in [2.24, 2.45) is 11.8 Å². The molecule has 2 atom stereocenters. The van der Waals surface area contributed by atoms with Gasteiger partial charge in [-0.15, -0.1) is 0 Å². The summed E-state index contributed by atoms with van der Waals surface area (Å²) >= 11 is 3.40.